The number of hydrogen-bond acceptors (Lipinski definition) is 5. The number of amides is 2. The van der Waals surface area contributed by atoms with Crippen molar-refractivity contribution in [2.75, 3.05) is 32.4 Å². The van der Waals surface area contributed by atoms with Crippen molar-refractivity contribution in [2.45, 2.75) is 6.04 Å². The molecule has 1 aliphatic heterocycles. The molecule has 1 unspecified atom stereocenters. The fourth-order valence-corrected chi connectivity index (χ4v) is 1.86. The van der Waals surface area contributed by atoms with Crippen LogP contribution in [0.1, 0.15) is 0 Å². The molecule has 0 aromatic heterocycles. The molecule has 9 heteroatoms. The Morgan fingerprint density at radius 1 is 1.53 bits per heavy atom. The van der Waals surface area contributed by atoms with Gasteiger partial charge in [-0.3, -0.25) is 14.9 Å². The van der Waals surface area contributed by atoms with E-state index in [1.165, 1.54) is 7.05 Å². The Labute approximate surface area is 99.6 Å². The van der Waals surface area contributed by atoms with Crippen molar-refractivity contribution >= 4 is 21.8 Å². The first-order chi connectivity index (χ1) is 7.94. The SMILES string of the molecule is CNS(=O)(=O)CCNC(=O)C1CNC(=O)CN1. The summed E-state index contributed by atoms with van der Waals surface area (Å²) in [6.45, 7) is 0.338. The fourth-order valence-electron chi connectivity index (χ4n) is 1.29. The highest BCUT2D eigenvalue weighted by Gasteiger charge is 2.23. The van der Waals surface area contributed by atoms with Gasteiger partial charge in [0.25, 0.3) is 0 Å². The van der Waals surface area contributed by atoms with E-state index >= 15 is 0 Å². The van der Waals surface area contributed by atoms with Crippen LogP contribution >= 0.6 is 0 Å². The summed E-state index contributed by atoms with van der Waals surface area (Å²) in [5, 5.41) is 7.76. The van der Waals surface area contributed by atoms with E-state index in [0.717, 1.165) is 0 Å². The summed E-state index contributed by atoms with van der Waals surface area (Å²) in [6.07, 6.45) is 0. The molecule has 0 aromatic rings. The van der Waals surface area contributed by atoms with Crippen molar-refractivity contribution in [1.29, 1.82) is 0 Å². The zero-order valence-electron chi connectivity index (χ0n) is 9.45. The maximum absolute atomic E-state index is 11.5. The number of carbonyl (C=O) groups excluding carboxylic acids is 2. The number of carbonyl (C=O) groups is 2. The van der Waals surface area contributed by atoms with E-state index in [9.17, 15) is 18.0 Å². The van der Waals surface area contributed by atoms with Gasteiger partial charge in [-0.1, -0.05) is 0 Å². The molecular formula is C8H16N4O4S. The van der Waals surface area contributed by atoms with Gasteiger partial charge in [0.1, 0.15) is 6.04 Å². The van der Waals surface area contributed by atoms with Crippen molar-refractivity contribution in [1.82, 2.24) is 20.7 Å². The Kier molecular flexibility index (Phi) is 4.85. The van der Waals surface area contributed by atoms with E-state index in [2.05, 4.69) is 20.7 Å². The van der Waals surface area contributed by atoms with Crippen LogP contribution < -0.4 is 20.7 Å². The molecule has 98 valence electrons. The molecule has 1 saturated heterocycles. The maximum Gasteiger partial charge on any atom is 0.239 e. The molecule has 17 heavy (non-hydrogen) atoms. The second kappa shape index (κ2) is 5.94. The highest BCUT2D eigenvalue weighted by Crippen LogP contribution is 1.88. The first kappa shape index (κ1) is 13.9. The van der Waals surface area contributed by atoms with Crippen LogP contribution in [0.2, 0.25) is 0 Å². The molecule has 8 nitrogen and oxygen atoms in total. The summed E-state index contributed by atoms with van der Waals surface area (Å²) in [4.78, 5) is 22.4. The van der Waals surface area contributed by atoms with Crippen LogP contribution in [0.25, 0.3) is 0 Å². The van der Waals surface area contributed by atoms with Crippen LogP contribution in [0, 0.1) is 0 Å². The lowest BCUT2D eigenvalue weighted by molar-refractivity contribution is -0.126. The summed E-state index contributed by atoms with van der Waals surface area (Å²) in [5.74, 6) is -0.656. The van der Waals surface area contributed by atoms with Gasteiger partial charge < -0.3 is 10.6 Å². The first-order valence-electron chi connectivity index (χ1n) is 5.13. The Balaban J connectivity index is 2.28. The number of sulfonamides is 1. The second-order valence-electron chi connectivity index (χ2n) is 3.55. The summed E-state index contributed by atoms with van der Waals surface area (Å²) in [5.41, 5.74) is 0. The van der Waals surface area contributed by atoms with E-state index in [1.54, 1.807) is 0 Å². The minimum Gasteiger partial charge on any atom is -0.354 e. The van der Waals surface area contributed by atoms with Gasteiger partial charge in [0.2, 0.25) is 21.8 Å². The van der Waals surface area contributed by atoms with Crippen molar-refractivity contribution in [3.05, 3.63) is 0 Å². The van der Waals surface area contributed by atoms with Gasteiger partial charge in [-0.15, -0.1) is 0 Å². The summed E-state index contributed by atoms with van der Waals surface area (Å²) >= 11 is 0. The van der Waals surface area contributed by atoms with Gasteiger partial charge in [0.05, 0.1) is 12.3 Å². The molecule has 1 rings (SSSR count). The Hall–Kier alpha value is -1.19. The zero-order chi connectivity index (χ0) is 12.9. The topological polar surface area (TPSA) is 116 Å². The largest absolute Gasteiger partial charge is 0.354 e. The minimum atomic E-state index is -3.31. The third kappa shape index (κ3) is 4.67. The third-order valence-electron chi connectivity index (χ3n) is 2.31. The summed E-state index contributed by atoms with van der Waals surface area (Å²) in [6, 6.07) is -0.509. The van der Waals surface area contributed by atoms with Crippen LogP contribution in [0.5, 0.6) is 0 Å². The van der Waals surface area contributed by atoms with Crippen LogP contribution in [0.4, 0.5) is 0 Å². The van der Waals surface area contributed by atoms with Gasteiger partial charge in [-0.25, -0.2) is 13.1 Å². The van der Waals surface area contributed by atoms with Crippen LogP contribution in [0.15, 0.2) is 0 Å². The summed E-state index contributed by atoms with van der Waals surface area (Å²) < 4.78 is 24.3. The normalized spacial score (nSPS) is 20.8. The molecule has 0 aliphatic carbocycles. The van der Waals surface area contributed by atoms with E-state index in [4.69, 9.17) is 0 Å². The van der Waals surface area contributed by atoms with Gasteiger partial charge >= 0.3 is 0 Å². The Morgan fingerprint density at radius 3 is 2.76 bits per heavy atom. The smallest absolute Gasteiger partial charge is 0.239 e. The van der Waals surface area contributed by atoms with Crippen molar-refractivity contribution in [3.8, 4) is 0 Å². The van der Waals surface area contributed by atoms with Gasteiger partial charge in [-0.05, 0) is 7.05 Å². The average Bonchev–Trinajstić information content (AvgIpc) is 2.29. The number of hydrogen-bond donors (Lipinski definition) is 4. The highest BCUT2D eigenvalue weighted by atomic mass is 32.2. The number of piperazine rings is 1. The predicted octanol–water partition coefficient (Wildman–Crippen LogP) is -3.26. The van der Waals surface area contributed by atoms with Gasteiger partial charge in [0, 0.05) is 13.1 Å². The average molecular weight is 264 g/mol. The standard InChI is InChI=1S/C8H16N4O4S/c1-9-17(15,16)3-2-10-8(14)6-4-12-7(13)5-11-6/h6,9,11H,2-5H2,1H3,(H,10,14)(H,12,13). The molecule has 1 aliphatic rings. The van der Waals surface area contributed by atoms with Crippen LogP contribution in [-0.2, 0) is 19.6 Å². The first-order valence-corrected chi connectivity index (χ1v) is 6.79. The van der Waals surface area contributed by atoms with Crippen molar-refractivity contribution in [3.63, 3.8) is 0 Å². The molecule has 0 bridgehead atoms. The molecule has 1 heterocycles. The minimum absolute atomic E-state index is 0.0358. The van der Waals surface area contributed by atoms with E-state index in [1.807, 2.05) is 0 Å². The quantitative estimate of drug-likeness (QED) is 0.416. The molecule has 1 atom stereocenters. The lowest BCUT2D eigenvalue weighted by Gasteiger charge is -2.23. The van der Waals surface area contributed by atoms with Crippen molar-refractivity contribution in [2.24, 2.45) is 0 Å². The Morgan fingerprint density at radius 2 is 2.24 bits per heavy atom. The molecule has 0 aromatic carbocycles. The predicted molar refractivity (Wildman–Crippen MR) is 60.7 cm³/mol. The maximum atomic E-state index is 11.5. The third-order valence-corrected chi connectivity index (χ3v) is 3.67. The van der Waals surface area contributed by atoms with Crippen molar-refractivity contribution < 1.29 is 18.0 Å². The highest BCUT2D eigenvalue weighted by molar-refractivity contribution is 7.89. The molecule has 4 N–H and O–H groups in total. The van der Waals surface area contributed by atoms with E-state index in [-0.39, 0.29) is 37.2 Å². The zero-order valence-corrected chi connectivity index (χ0v) is 10.3. The fraction of sp³-hybridized carbons (Fsp3) is 0.750. The van der Waals surface area contributed by atoms with E-state index < -0.39 is 16.1 Å². The van der Waals surface area contributed by atoms with Gasteiger partial charge in [-0.2, -0.15) is 0 Å². The second-order valence-corrected chi connectivity index (χ2v) is 5.60. The monoisotopic (exact) mass is 264 g/mol. The molecule has 0 radical (unpaired) electrons. The van der Waals surface area contributed by atoms with Crippen LogP contribution in [0.3, 0.4) is 0 Å². The lowest BCUT2D eigenvalue weighted by Crippen LogP contribution is -2.58. The van der Waals surface area contributed by atoms with Gasteiger partial charge in [0.15, 0.2) is 0 Å². The number of nitrogens with one attached hydrogen (secondary N) is 4. The van der Waals surface area contributed by atoms with E-state index in [0.29, 0.717) is 0 Å². The Bertz CT molecular complexity index is 384. The molecule has 0 spiro atoms. The number of rotatable bonds is 5. The molecular weight excluding hydrogens is 248 g/mol. The van der Waals surface area contributed by atoms with Crippen LogP contribution in [-0.4, -0.2) is 58.7 Å². The summed E-state index contributed by atoms with van der Waals surface area (Å²) in [7, 11) is -1.99. The lowest BCUT2D eigenvalue weighted by atomic mass is 10.2. The molecule has 2 amide bonds. The molecule has 1 fully saturated rings. The molecule has 0 saturated carbocycles.